The molecule has 0 saturated carbocycles. The molecule has 0 unspecified atom stereocenters. The van der Waals surface area contributed by atoms with Crippen LogP contribution in [0, 0.1) is 0 Å². The molecule has 0 aliphatic carbocycles. The zero-order valence-electron chi connectivity index (χ0n) is 15.7. The van der Waals surface area contributed by atoms with Crippen LogP contribution in [0.5, 0.6) is 0 Å². The third kappa shape index (κ3) is 4.37. The zero-order chi connectivity index (χ0) is 20.3. The molecule has 1 fully saturated rings. The molecular formula is C17H22N6O4S. The van der Waals surface area contributed by atoms with Gasteiger partial charge >= 0.3 is 5.97 Å². The Kier molecular flexibility index (Phi) is 5.75. The van der Waals surface area contributed by atoms with E-state index in [0.29, 0.717) is 19.0 Å². The highest BCUT2D eigenvalue weighted by molar-refractivity contribution is 7.89. The molecule has 0 bridgehead atoms. The lowest BCUT2D eigenvalue weighted by atomic mass is 10.2. The maximum Gasteiger partial charge on any atom is 0.338 e. The van der Waals surface area contributed by atoms with E-state index in [0.717, 1.165) is 12.8 Å². The van der Waals surface area contributed by atoms with E-state index < -0.39 is 16.0 Å². The molecule has 2 aromatic rings. The smallest absolute Gasteiger partial charge is 0.338 e. The van der Waals surface area contributed by atoms with Crippen molar-refractivity contribution >= 4 is 27.9 Å². The number of esters is 1. The number of hydrogen-bond donors (Lipinski definition) is 1. The average Bonchev–Trinajstić information content (AvgIpc) is 3.21. The second kappa shape index (κ2) is 8.07. The van der Waals surface area contributed by atoms with Crippen LogP contribution in [0.1, 0.15) is 29.0 Å². The Labute approximate surface area is 163 Å². The normalized spacial score (nSPS) is 14.8. The van der Waals surface area contributed by atoms with Gasteiger partial charge in [0.05, 0.1) is 10.5 Å². The minimum absolute atomic E-state index is 0.0171. The van der Waals surface area contributed by atoms with Gasteiger partial charge in [0.1, 0.15) is 0 Å². The van der Waals surface area contributed by atoms with Gasteiger partial charge in [-0.1, -0.05) is 6.07 Å². The van der Waals surface area contributed by atoms with Gasteiger partial charge in [0.25, 0.3) is 0 Å². The van der Waals surface area contributed by atoms with Crippen LogP contribution in [0.15, 0.2) is 29.2 Å². The highest BCUT2D eigenvalue weighted by Crippen LogP contribution is 2.22. The molecule has 1 aliphatic rings. The maximum absolute atomic E-state index is 12.7. The van der Waals surface area contributed by atoms with Gasteiger partial charge in [-0.2, -0.15) is 19.3 Å². The molecule has 0 radical (unpaired) electrons. The van der Waals surface area contributed by atoms with Gasteiger partial charge in [0, 0.05) is 27.2 Å². The Balaban J connectivity index is 1.73. The predicted molar refractivity (Wildman–Crippen MR) is 102 cm³/mol. The third-order valence-electron chi connectivity index (χ3n) is 4.19. The number of aromatic nitrogens is 3. The molecule has 150 valence electrons. The first-order valence-corrected chi connectivity index (χ1v) is 10.2. The number of rotatable bonds is 6. The van der Waals surface area contributed by atoms with E-state index in [1.54, 1.807) is 19.0 Å². The largest absolute Gasteiger partial charge is 0.454 e. The van der Waals surface area contributed by atoms with E-state index in [1.165, 1.54) is 28.6 Å². The first kappa shape index (κ1) is 20.0. The molecule has 0 spiro atoms. The van der Waals surface area contributed by atoms with Gasteiger partial charge in [0.2, 0.25) is 21.9 Å². The Morgan fingerprint density at radius 2 is 1.93 bits per heavy atom. The standard InChI is InChI=1S/C17H22N6O4S/c1-22(2)17-20-14(19-16(18)21-17)11-27-15(24)12-6-5-7-13(10-12)28(25,26)23-8-3-4-9-23/h5-7,10H,3-4,8-9,11H2,1-2H3,(H2,18,19,20,21). The molecule has 1 saturated heterocycles. The van der Waals surface area contributed by atoms with Crippen molar-refractivity contribution in [2.24, 2.45) is 0 Å². The number of anilines is 2. The van der Waals surface area contributed by atoms with Crippen molar-refractivity contribution in [2.45, 2.75) is 24.3 Å². The predicted octanol–water partition coefficient (Wildman–Crippen LogP) is 0.661. The summed E-state index contributed by atoms with van der Waals surface area (Å²) in [6, 6.07) is 5.81. The number of sulfonamides is 1. The quantitative estimate of drug-likeness (QED) is 0.687. The molecule has 1 aliphatic heterocycles. The Morgan fingerprint density at radius 3 is 2.61 bits per heavy atom. The van der Waals surface area contributed by atoms with Gasteiger partial charge in [-0.3, -0.25) is 0 Å². The van der Waals surface area contributed by atoms with Crippen LogP contribution < -0.4 is 10.6 Å². The summed E-state index contributed by atoms with van der Waals surface area (Å²) >= 11 is 0. The van der Waals surface area contributed by atoms with E-state index in [1.807, 2.05) is 0 Å². The van der Waals surface area contributed by atoms with E-state index in [-0.39, 0.29) is 28.8 Å². The number of nitrogen functional groups attached to an aromatic ring is 1. The molecule has 10 nitrogen and oxygen atoms in total. The SMILES string of the molecule is CN(C)c1nc(N)nc(COC(=O)c2cccc(S(=O)(=O)N3CCCC3)c2)n1. The van der Waals surface area contributed by atoms with Crippen molar-refractivity contribution in [3.05, 3.63) is 35.7 Å². The molecule has 2 heterocycles. The molecular weight excluding hydrogens is 384 g/mol. The van der Waals surface area contributed by atoms with E-state index in [4.69, 9.17) is 10.5 Å². The van der Waals surface area contributed by atoms with Crippen LogP contribution in [0.3, 0.4) is 0 Å². The topological polar surface area (TPSA) is 132 Å². The van der Waals surface area contributed by atoms with Crippen molar-refractivity contribution in [1.29, 1.82) is 0 Å². The summed E-state index contributed by atoms with van der Waals surface area (Å²) in [7, 11) is -0.118. The van der Waals surface area contributed by atoms with Gasteiger partial charge < -0.3 is 15.4 Å². The van der Waals surface area contributed by atoms with E-state index in [2.05, 4.69) is 15.0 Å². The first-order chi connectivity index (χ1) is 13.3. The minimum Gasteiger partial charge on any atom is -0.454 e. The van der Waals surface area contributed by atoms with Crippen LogP contribution in [-0.2, 0) is 21.4 Å². The van der Waals surface area contributed by atoms with Crippen LogP contribution in [0.2, 0.25) is 0 Å². The van der Waals surface area contributed by atoms with Gasteiger partial charge in [-0.25, -0.2) is 13.2 Å². The average molecular weight is 406 g/mol. The lowest BCUT2D eigenvalue weighted by Gasteiger charge is -2.16. The Bertz CT molecular complexity index is 973. The van der Waals surface area contributed by atoms with Crippen LogP contribution >= 0.6 is 0 Å². The van der Waals surface area contributed by atoms with Crippen molar-refractivity contribution < 1.29 is 17.9 Å². The van der Waals surface area contributed by atoms with Crippen molar-refractivity contribution in [2.75, 3.05) is 37.8 Å². The maximum atomic E-state index is 12.7. The van der Waals surface area contributed by atoms with Crippen LogP contribution in [0.4, 0.5) is 11.9 Å². The molecule has 28 heavy (non-hydrogen) atoms. The monoisotopic (exact) mass is 406 g/mol. The number of benzene rings is 1. The highest BCUT2D eigenvalue weighted by atomic mass is 32.2. The second-order valence-corrected chi connectivity index (χ2v) is 8.46. The van der Waals surface area contributed by atoms with Crippen molar-refractivity contribution in [3.63, 3.8) is 0 Å². The number of ether oxygens (including phenoxy) is 1. The molecule has 11 heteroatoms. The fourth-order valence-electron chi connectivity index (χ4n) is 2.76. The van der Waals surface area contributed by atoms with E-state index in [9.17, 15) is 13.2 Å². The minimum atomic E-state index is -3.61. The van der Waals surface area contributed by atoms with Gasteiger partial charge in [0.15, 0.2) is 12.4 Å². The number of hydrogen-bond acceptors (Lipinski definition) is 9. The van der Waals surface area contributed by atoms with E-state index >= 15 is 0 Å². The lowest BCUT2D eigenvalue weighted by molar-refractivity contribution is 0.0462. The fraction of sp³-hybridized carbons (Fsp3) is 0.412. The van der Waals surface area contributed by atoms with Crippen molar-refractivity contribution in [3.8, 4) is 0 Å². The Morgan fingerprint density at radius 1 is 1.21 bits per heavy atom. The summed E-state index contributed by atoms with van der Waals surface area (Å²) in [6.45, 7) is 0.771. The lowest BCUT2D eigenvalue weighted by Crippen LogP contribution is -2.28. The number of carbonyl (C=O) groups is 1. The molecule has 1 aromatic carbocycles. The molecule has 1 aromatic heterocycles. The van der Waals surface area contributed by atoms with Gasteiger partial charge in [-0.15, -0.1) is 0 Å². The summed E-state index contributed by atoms with van der Waals surface area (Å²) in [4.78, 5) is 26.2. The molecule has 0 atom stereocenters. The molecule has 3 rings (SSSR count). The molecule has 2 N–H and O–H groups in total. The van der Waals surface area contributed by atoms with Crippen LogP contribution in [0.25, 0.3) is 0 Å². The summed E-state index contributed by atoms with van der Waals surface area (Å²) in [5.41, 5.74) is 5.78. The van der Waals surface area contributed by atoms with Crippen molar-refractivity contribution in [1.82, 2.24) is 19.3 Å². The highest BCUT2D eigenvalue weighted by Gasteiger charge is 2.27. The van der Waals surface area contributed by atoms with Gasteiger partial charge in [-0.05, 0) is 31.0 Å². The summed E-state index contributed by atoms with van der Waals surface area (Å²) in [5.74, 6) is -0.116. The summed E-state index contributed by atoms with van der Waals surface area (Å²) in [6.07, 6.45) is 1.68. The Hall–Kier alpha value is -2.79. The summed E-state index contributed by atoms with van der Waals surface area (Å²) < 4.78 is 32.0. The zero-order valence-corrected chi connectivity index (χ0v) is 16.5. The first-order valence-electron chi connectivity index (χ1n) is 8.72. The fourth-order valence-corrected chi connectivity index (χ4v) is 4.33. The number of carbonyl (C=O) groups excluding carboxylic acids is 1. The third-order valence-corrected chi connectivity index (χ3v) is 6.09. The second-order valence-electron chi connectivity index (χ2n) is 6.52. The number of nitrogens with zero attached hydrogens (tertiary/aromatic N) is 5. The summed E-state index contributed by atoms with van der Waals surface area (Å²) in [5, 5.41) is 0. The number of nitrogens with two attached hydrogens (primary N) is 1. The van der Waals surface area contributed by atoms with Crippen LogP contribution in [-0.4, -0.2) is 60.8 Å². The molecule has 0 amide bonds.